The van der Waals surface area contributed by atoms with E-state index < -0.39 is 13.3 Å². The first-order valence-electron chi connectivity index (χ1n) is 7.37. The van der Waals surface area contributed by atoms with Crippen LogP contribution in [-0.2, 0) is 18.4 Å². The van der Waals surface area contributed by atoms with E-state index in [-0.39, 0.29) is 31.1 Å². The minimum Gasteiger partial charge on any atom is -0.352 e. The van der Waals surface area contributed by atoms with Gasteiger partial charge in [-0.2, -0.15) is 0 Å². The second kappa shape index (κ2) is 7.26. The van der Waals surface area contributed by atoms with Crippen molar-refractivity contribution >= 4 is 29.4 Å². The largest absolute Gasteiger partial charge is 0.352 e. The van der Waals surface area contributed by atoms with Crippen molar-refractivity contribution in [2.24, 2.45) is 0 Å². The van der Waals surface area contributed by atoms with E-state index in [1.54, 1.807) is 13.8 Å². The van der Waals surface area contributed by atoms with E-state index >= 15 is 0 Å². The first-order valence-corrected chi connectivity index (χ1v) is 9.78. The van der Waals surface area contributed by atoms with Crippen LogP contribution in [0.2, 0.25) is 0 Å². The molecular formula is C15H21BrNO4P. The fourth-order valence-electron chi connectivity index (χ4n) is 2.89. The Balaban J connectivity index is 2.43. The zero-order chi connectivity index (χ0) is 16.3. The van der Waals surface area contributed by atoms with Crippen molar-refractivity contribution < 1.29 is 18.4 Å². The second-order valence-electron chi connectivity index (χ2n) is 5.19. The lowest BCUT2D eigenvalue weighted by molar-refractivity contribution is -0.119. The van der Waals surface area contributed by atoms with Gasteiger partial charge < -0.3 is 14.4 Å². The Hall–Kier alpha value is -0.680. The Labute approximate surface area is 139 Å². The Morgan fingerprint density at radius 2 is 1.73 bits per heavy atom. The summed E-state index contributed by atoms with van der Waals surface area (Å²) in [7, 11) is -3.52. The van der Waals surface area contributed by atoms with E-state index in [9.17, 15) is 9.36 Å². The minimum atomic E-state index is -3.52. The molecule has 0 spiro atoms. The maximum atomic E-state index is 13.1. The highest BCUT2D eigenvalue weighted by molar-refractivity contribution is 9.10. The highest BCUT2D eigenvalue weighted by atomic mass is 79.9. The number of rotatable bonds is 6. The molecule has 1 aliphatic heterocycles. The lowest BCUT2D eigenvalue weighted by Gasteiger charge is -2.27. The molecule has 122 valence electrons. The van der Waals surface area contributed by atoms with Crippen LogP contribution in [0.1, 0.15) is 32.3 Å². The van der Waals surface area contributed by atoms with Gasteiger partial charge in [0.25, 0.3) is 0 Å². The van der Waals surface area contributed by atoms with Gasteiger partial charge in [0.1, 0.15) is 5.66 Å². The molecule has 1 N–H and O–H groups in total. The molecule has 1 heterocycles. The molecule has 1 aliphatic rings. The number of carbonyl (C=O) groups is 1. The summed E-state index contributed by atoms with van der Waals surface area (Å²) in [6, 6.07) is 7.55. The van der Waals surface area contributed by atoms with Gasteiger partial charge >= 0.3 is 7.60 Å². The van der Waals surface area contributed by atoms with Crippen LogP contribution in [-0.4, -0.2) is 30.8 Å². The summed E-state index contributed by atoms with van der Waals surface area (Å²) in [5.74, 6) is -0.518. The van der Waals surface area contributed by atoms with Crippen molar-refractivity contribution in [2.45, 2.75) is 38.4 Å². The summed E-state index contributed by atoms with van der Waals surface area (Å²) >= 11 is 3.40. The SMILES string of the molecule is CCOP(=O)(OCC)[C@H]1C(=O)N[C@@H](C)[C@@H]1c1ccc(Br)cc1. The second-order valence-corrected chi connectivity index (χ2v) is 8.26. The summed E-state index contributed by atoms with van der Waals surface area (Å²) in [6.45, 7) is 5.88. The Kier molecular flexibility index (Phi) is 5.83. The standard InChI is InChI=1S/C15H21BrNO4P/c1-4-20-22(19,21-5-2)14-13(10(3)17-15(14)18)11-6-8-12(16)9-7-11/h6-10,13-14H,4-5H2,1-3H3,(H,17,18)/t10-,13+,14+/m0/s1. The van der Waals surface area contributed by atoms with E-state index in [1.165, 1.54) is 0 Å². The van der Waals surface area contributed by atoms with Crippen LogP contribution < -0.4 is 5.32 Å². The normalized spacial score (nSPS) is 25.3. The molecule has 22 heavy (non-hydrogen) atoms. The Morgan fingerprint density at radius 1 is 1.18 bits per heavy atom. The van der Waals surface area contributed by atoms with Crippen LogP contribution in [0.5, 0.6) is 0 Å². The van der Waals surface area contributed by atoms with Crippen LogP contribution in [0.4, 0.5) is 0 Å². The Morgan fingerprint density at radius 3 is 2.23 bits per heavy atom. The summed E-state index contributed by atoms with van der Waals surface area (Å²) in [5.41, 5.74) is 0.127. The molecular weight excluding hydrogens is 369 g/mol. The third kappa shape index (κ3) is 3.46. The van der Waals surface area contributed by atoms with Gasteiger partial charge in [0.15, 0.2) is 0 Å². The third-order valence-corrected chi connectivity index (χ3v) is 6.73. The van der Waals surface area contributed by atoms with Gasteiger partial charge in [-0.05, 0) is 38.5 Å². The smallest absolute Gasteiger partial charge is 0.343 e. The fraction of sp³-hybridized carbons (Fsp3) is 0.533. The molecule has 2 rings (SSSR count). The van der Waals surface area contributed by atoms with E-state index in [0.717, 1.165) is 10.0 Å². The van der Waals surface area contributed by atoms with Gasteiger partial charge in [0.2, 0.25) is 5.91 Å². The van der Waals surface area contributed by atoms with Crippen molar-refractivity contribution in [3.8, 4) is 0 Å². The summed E-state index contributed by atoms with van der Waals surface area (Å²) in [4.78, 5) is 12.4. The van der Waals surface area contributed by atoms with Crippen LogP contribution in [0, 0.1) is 0 Å². The molecule has 0 aliphatic carbocycles. The summed E-state index contributed by atoms with van der Waals surface area (Å²) in [5, 5.41) is 2.87. The molecule has 1 amide bonds. The number of carbonyl (C=O) groups excluding carboxylic acids is 1. The predicted molar refractivity (Wildman–Crippen MR) is 89.1 cm³/mol. The van der Waals surface area contributed by atoms with Gasteiger partial charge in [0, 0.05) is 16.4 Å². The average molecular weight is 390 g/mol. The zero-order valence-corrected chi connectivity index (χ0v) is 15.4. The third-order valence-electron chi connectivity index (χ3n) is 3.73. The molecule has 5 nitrogen and oxygen atoms in total. The highest BCUT2D eigenvalue weighted by Gasteiger charge is 2.53. The fourth-order valence-corrected chi connectivity index (χ4v) is 5.46. The zero-order valence-electron chi connectivity index (χ0n) is 12.9. The lowest BCUT2D eigenvalue weighted by atomic mass is 9.92. The van der Waals surface area contributed by atoms with E-state index in [2.05, 4.69) is 21.2 Å². The van der Waals surface area contributed by atoms with Crippen LogP contribution in [0.3, 0.4) is 0 Å². The molecule has 0 radical (unpaired) electrons. The quantitative estimate of drug-likeness (QED) is 0.753. The van der Waals surface area contributed by atoms with Crippen molar-refractivity contribution in [1.82, 2.24) is 5.32 Å². The maximum absolute atomic E-state index is 13.1. The van der Waals surface area contributed by atoms with Gasteiger partial charge in [-0.3, -0.25) is 9.36 Å². The van der Waals surface area contributed by atoms with Gasteiger partial charge in [-0.25, -0.2) is 0 Å². The van der Waals surface area contributed by atoms with E-state index in [1.807, 2.05) is 31.2 Å². The molecule has 1 aromatic carbocycles. The molecule has 7 heteroatoms. The lowest BCUT2D eigenvalue weighted by Crippen LogP contribution is -2.27. The van der Waals surface area contributed by atoms with Crippen LogP contribution in [0.25, 0.3) is 0 Å². The van der Waals surface area contributed by atoms with Crippen LogP contribution >= 0.6 is 23.5 Å². The molecule has 0 saturated carbocycles. The van der Waals surface area contributed by atoms with E-state index in [4.69, 9.17) is 9.05 Å². The Bertz CT molecular complexity index is 567. The highest BCUT2D eigenvalue weighted by Crippen LogP contribution is 2.59. The van der Waals surface area contributed by atoms with Crippen molar-refractivity contribution in [3.05, 3.63) is 34.3 Å². The van der Waals surface area contributed by atoms with Crippen molar-refractivity contribution in [1.29, 1.82) is 0 Å². The van der Waals surface area contributed by atoms with Crippen molar-refractivity contribution in [2.75, 3.05) is 13.2 Å². The van der Waals surface area contributed by atoms with E-state index in [0.29, 0.717) is 0 Å². The molecule has 1 aromatic rings. The molecule has 0 unspecified atom stereocenters. The number of halogens is 1. The maximum Gasteiger partial charge on any atom is 0.343 e. The van der Waals surface area contributed by atoms with Crippen LogP contribution in [0.15, 0.2) is 28.7 Å². The first kappa shape index (κ1) is 17.7. The average Bonchev–Trinajstić information content (AvgIpc) is 2.75. The summed E-state index contributed by atoms with van der Waals surface area (Å²) < 4.78 is 24.9. The number of hydrogen-bond acceptors (Lipinski definition) is 4. The molecule has 1 fully saturated rings. The molecule has 3 atom stereocenters. The minimum absolute atomic E-state index is 0.132. The number of nitrogens with one attached hydrogen (secondary N) is 1. The van der Waals surface area contributed by atoms with Gasteiger partial charge in [-0.1, -0.05) is 28.1 Å². The van der Waals surface area contributed by atoms with Gasteiger partial charge in [0.05, 0.1) is 13.2 Å². The number of benzene rings is 1. The van der Waals surface area contributed by atoms with Gasteiger partial charge in [-0.15, -0.1) is 0 Å². The number of amides is 1. The molecule has 0 bridgehead atoms. The number of hydrogen-bond donors (Lipinski definition) is 1. The topological polar surface area (TPSA) is 64.6 Å². The predicted octanol–water partition coefficient (Wildman–Crippen LogP) is 3.69. The first-order chi connectivity index (χ1) is 10.4. The molecule has 1 saturated heterocycles. The van der Waals surface area contributed by atoms with Crippen molar-refractivity contribution in [3.63, 3.8) is 0 Å². The molecule has 0 aromatic heterocycles. The summed E-state index contributed by atoms with van der Waals surface area (Å²) in [6.07, 6.45) is 0. The monoisotopic (exact) mass is 389 g/mol.